The molecule has 0 aliphatic heterocycles. The van der Waals surface area contributed by atoms with Gasteiger partial charge >= 0.3 is 0 Å². The van der Waals surface area contributed by atoms with Crippen LogP contribution in [0.4, 0.5) is 5.69 Å². The summed E-state index contributed by atoms with van der Waals surface area (Å²) in [6.07, 6.45) is 0.695. The molecule has 3 rings (SSSR count). The van der Waals surface area contributed by atoms with E-state index in [9.17, 15) is 18.0 Å². The lowest BCUT2D eigenvalue weighted by Crippen LogP contribution is -2.52. The van der Waals surface area contributed by atoms with Gasteiger partial charge in [-0.3, -0.25) is 13.9 Å². The molecule has 0 aromatic heterocycles. The van der Waals surface area contributed by atoms with Crippen LogP contribution in [0.1, 0.15) is 32.8 Å². The van der Waals surface area contributed by atoms with Crippen molar-refractivity contribution in [2.45, 2.75) is 50.7 Å². The highest BCUT2D eigenvalue weighted by atomic mass is 35.5. The first-order valence-electron chi connectivity index (χ1n) is 12.3. The summed E-state index contributed by atoms with van der Waals surface area (Å²) in [5.41, 5.74) is 0.643. The lowest BCUT2D eigenvalue weighted by Gasteiger charge is -2.32. The van der Waals surface area contributed by atoms with E-state index in [-0.39, 0.29) is 29.1 Å². The minimum absolute atomic E-state index is 0.000959. The smallest absolute Gasteiger partial charge is 0.264 e. The van der Waals surface area contributed by atoms with Crippen molar-refractivity contribution in [1.29, 1.82) is 0 Å². The molecule has 0 saturated heterocycles. The number of anilines is 1. The Balaban J connectivity index is 2.06. The average Bonchev–Trinajstić information content (AvgIpc) is 2.91. The molecule has 0 radical (unpaired) electrons. The number of hydrogen-bond acceptors (Lipinski definition) is 4. The number of amides is 2. The van der Waals surface area contributed by atoms with E-state index in [0.717, 1.165) is 4.31 Å². The molecule has 3 aromatic carbocycles. The van der Waals surface area contributed by atoms with Crippen LogP contribution in [0.5, 0.6) is 0 Å². The number of halogens is 3. The number of rotatable bonds is 11. The van der Waals surface area contributed by atoms with Crippen molar-refractivity contribution in [2.75, 3.05) is 10.8 Å². The maximum atomic E-state index is 13.9. The molecular formula is C28H30Cl3N3O4S. The quantitative estimate of drug-likeness (QED) is 0.281. The molecule has 0 saturated carbocycles. The molecule has 0 heterocycles. The van der Waals surface area contributed by atoms with Crippen molar-refractivity contribution >= 4 is 62.3 Å². The summed E-state index contributed by atoms with van der Waals surface area (Å²) in [5.74, 6) is -1.02. The Kier molecular flexibility index (Phi) is 10.7. The first-order valence-corrected chi connectivity index (χ1v) is 14.9. The molecule has 2 atom stereocenters. The van der Waals surface area contributed by atoms with Gasteiger partial charge in [0.1, 0.15) is 12.6 Å². The fraction of sp³-hybridized carbons (Fsp3) is 0.286. The molecular weight excluding hydrogens is 581 g/mol. The minimum Gasteiger partial charge on any atom is -0.352 e. The molecule has 0 unspecified atom stereocenters. The second-order valence-electron chi connectivity index (χ2n) is 9.02. The average molecular weight is 611 g/mol. The SMILES string of the molecule is CC[C@@H](C)NC(=O)[C@@H](C)N(Cc1c(Cl)cccc1Cl)C(=O)CN(c1cccc(Cl)c1)S(=O)(=O)c1ccccc1. The Labute approximate surface area is 244 Å². The van der Waals surface area contributed by atoms with Crippen LogP contribution in [0.15, 0.2) is 77.7 Å². The zero-order valence-electron chi connectivity index (χ0n) is 21.8. The summed E-state index contributed by atoms with van der Waals surface area (Å²) < 4.78 is 28.5. The van der Waals surface area contributed by atoms with Gasteiger partial charge in [-0.15, -0.1) is 0 Å². The van der Waals surface area contributed by atoms with Crippen LogP contribution in [0.25, 0.3) is 0 Å². The molecule has 1 N–H and O–H groups in total. The van der Waals surface area contributed by atoms with Crippen LogP contribution in [0.3, 0.4) is 0 Å². The van der Waals surface area contributed by atoms with Gasteiger partial charge in [0, 0.05) is 33.2 Å². The third-order valence-corrected chi connectivity index (χ3v) is 9.00. The van der Waals surface area contributed by atoms with Crippen molar-refractivity contribution in [3.8, 4) is 0 Å². The number of carbonyl (C=O) groups excluding carboxylic acids is 2. The summed E-state index contributed by atoms with van der Waals surface area (Å²) in [4.78, 5) is 28.3. The third kappa shape index (κ3) is 7.66. The van der Waals surface area contributed by atoms with Gasteiger partial charge in [0.05, 0.1) is 10.6 Å². The van der Waals surface area contributed by atoms with E-state index in [1.165, 1.54) is 23.1 Å². The van der Waals surface area contributed by atoms with E-state index in [4.69, 9.17) is 34.8 Å². The fourth-order valence-electron chi connectivity index (χ4n) is 3.78. The highest BCUT2D eigenvalue weighted by Crippen LogP contribution is 2.29. The first-order chi connectivity index (χ1) is 18.4. The number of sulfonamides is 1. The zero-order valence-corrected chi connectivity index (χ0v) is 24.9. The zero-order chi connectivity index (χ0) is 28.7. The van der Waals surface area contributed by atoms with Crippen molar-refractivity contribution in [2.24, 2.45) is 0 Å². The van der Waals surface area contributed by atoms with Gasteiger partial charge in [0.25, 0.3) is 10.0 Å². The molecule has 0 spiro atoms. The molecule has 208 valence electrons. The molecule has 0 aliphatic carbocycles. The fourth-order valence-corrected chi connectivity index (χ4v) is 5.91. The lowest BCUT2D eigenvalue weighted by atomic mass is 10.1. The van der Waals surface area contributed by atoms with Gasteiger partial charge in [-0.05, 0) is 62.7 Å². The largest absolute Gasteiger partial charge is 0.352 e. The Morgan fingerprint density at radius 1 is 0.897 bits per heavy atom. The van der Waals surface area contributed by atoms with Crippen LogP contribution in [-0.4, -0.2) is 43.8 Å². The van der Waals surface area contributed by atoms with Crippen LogP contribution in [0, 0.1) is 0 Å². The third-order valence-electron chi connectivity index (χ3n) is 6.26. The predicted octanol–water partition coefficient (Wildman–Crippen LogP) is 6.17. The maximum Gasteiger partial charge on any atom is 0.264 e. The standard InChI is InChI=1S/C28H30Cl3N3O4S/c1-4-19(2)32-28(36)20(3)33(17-24-25(30)14-9-15-26(24)31)27(35)18-34(22-11-8-10-21(29)16-22)39(37,38)23-12-6-5-7-13-23/h5-16,19-20H,4,17-18H2,1-3H3,(H,32,36)/t19-,20-/m1/s1. The Morgan fingerprint density at radius 2 is 1.51 bits per heavy atom. The first kappa shape index (κ1) is 30.8. The summed E-state index contributed by atoms with van der Waals surface area (Å²) in [7, 11) is -4.18. The summed E-state index contributed by atoms with van der Waals surface area (Å²) >= 11 is 19.0. The summed E-state index contributed by atoms with van der Waals surface area (Å²) in [5, 5.41) is 3.82. The van der Waals surface area contributed by atoms with E-state index < -0.39 is 28.5 Å². The number of hydrogen-bond donors (Lipinski definition) is 1. The molecule has 39 heavy (non-hydrogen) atoms. The Morgan fingerprint density at radius 3 is 2.10 bits per heavy atom. The topological polar surface area (TPSA) is 86.8 Å². The van der Waals surface area contributed by atoms with Crippen LogP contribution in [-0.2, 0) is 26.2 Å². The van der Waals surface area contributed by atoms with Crippen LogP contribution < -0.4 is 9.62 Å². The van der Waals surface area contributed by atoms with E-state index in [2.05, 4.69) is 5.32 Å². The molecule has 11 heteroatoms. The van der Waals surface area contributed by atoms with Gasteiger partial charge in [-0.2, -0.15) is 0 Å². The number of benzene rings is 3. The van der Waals surface area contributed by atoms with Gasteiger partial charge in [0.2, 0.25) is 11.8 Å². The lowest BCUT2D eigenvalue weighted by molar-refractivity contribution is -0.139. The van der Waals surface area contributed by atoms with Gasteiger partial charge in [0.15, 0.2) is 0 Å². The second kappa shape index (κ2) is 13.5. The number of nitrogens with one attached hydrogen (secondary N) is 1. The molecule has 0 bridgehead atoms. The number of carbonyl (C=O) groups is 2. The van der Waals surface area contributed by atoms with Crippen LogP contribution >= 0.6 is 34.8 Å². The molecule has 2 amide bonds. The number of nitrogens with zero attached hydrogens (tertiary/aromatic N) is 2. The van der Waals surface area contributed by atoms with Crippen molar-refractivity contribution in [1.82, 2.24) is 10.2 Å². The highest BCUT2D eigenvalue weighted by Gasteiger charge is 2.33. The van der Waals surface area contributed by atoms with Gasteiger partial charge < -0.3 is 10.2 Å². The second-order valence-corrected chi connectivity index (χ2v) is 12.1. The molecule has 7 nitrogen and oxygen atoms in total. The van der Waals surface area contributed by atoms with Crippen LogP contribution in [0.2, 0.25) is 15.1 Å². The van der Waals surface area contributed by atoms with Crippen molar-refractivity contribution < 1.29 is 18.0 Å². The van der Waals surface area contributed by atoms with E-state index in [1.54, 1.807) is 61.5 Å². The van der Waals surface area contributed by atoms with Gasteiger partial charge in [-0.25, -0.2) is 8.42 Å². The van der Waals surface area contributed by atoms with Crippen molar-refractivity contribution in [3.05, 3.63) is 93.4 Å². The van der Waals surface area contributed by atoms with E-state index in [0.29, 0.717) is 27.1 Å². The Hall–Kier alpha value is -2.78. The maximum absolute atomic E-state index is 13.9. The van der Waals surface area contributed by atoms with E-state index >= 15 is 0 Å². The van der Waals surface area contributed by atoms with Gasteiger partial charge in [-0.1, -0.05) is 72.1 Å². The van der Waals surface area contributed by atoms with Crippen molar-refractivity contribution in [3.63, 3.8) is 0 Å². The molecule has 0 fully saturated rings. The summed E-state index contributed by atoms with van der Waals surface area (Å²) in [6, 6.07) is 17.8. The highest BCUT2D eigenvalue weighted by molar-refractivity contribution is 7.92. The monoisotopic (exact) mass is 609 g/mol. The molecule has 3 aromatic rings. The summed E-state index contributed by atoms with van der Waals surface area (Å²) in [6.45, 7) is 4.66. The predicted molar refractivity (Wildman–Crippen MR) is 157 cm³/mol. The van der Waals surface area contributed by atoms with E-state index in [1.807, 2.05) is 13.8 Å². The Bertz CT molecular complexity index is 1400. The minimum atomic E-state index is -4.18. The molecule has 0 aliphatic rings. The normalized spacial score (nSPS) is 12.9.